The number of aryl methyl sites for hydroxylation is 1. The largest absolute Gasteiger partial charge is 0.493 e. The zero-order chi connectivity index (χ0) is 20.5. The van der Waals surface area contributed by atoms with Crippen molar-refractivity contribution < 1.29 is 18.7 Å². The van der Waals surface area contributed by atoms with Crippen molar-refractivity contribution in [1.29, 1.82) is 0 Å². The molecule has 2 heterocycles. The molecule has 0 radical (unpaired) electrons. The number of nitrogens with zero attached hydrogens (tertiary/aromatic N) is 2. The second-order valence-electron chi connectivity index (χ2n) is 6.84. The van der Waals surface area contributed by atoms with Gasteiger partial charge in [-0.05, 0) is 44.2 Å². The maximum Gasteiger partial charge on any atom is 0.226 e. The number of amides is 1. The molecule has 7 heteroatoms. The fourth-order valence-electron chi connectivity index (χ4n) is 3.71. The third-order valence-electron chi connectivity index (χ3n) is 4.92. The molecule has 1 atom stereocenters. The number of hydrogen-bond acceptors (Lipinski definition) is 4. The Morgan fingerprint density at radius 1 is 1.28 bits per heavy atom. The molecule has 1 aliphatic heterocycles. The van der Waals surface area contributed by atoms with Gasteiger partial charge in [-0.1, -0.05) is 18.2 Å². The number of hydrogen-bond donors (Lipinski definition) is 1. The number of ketones is 1. The zero-order valence-electron chi connectivity index (χ0n) is 16.1. The molecule has 1 N–H and O–H groups in total. The molecule has 148 valence electrons. The van der Waals surface area contributed by atoms with Gasteiger partial charge in [0.15, 0.2) is 5.78 Å². The van der Waals surface area contributed by atoms with Crippen molar-refractivity contribution in [3.8, 4) is 11.4 Å². The van der Waals surface area contributed by atoms with Gasteiger partial charge >= 0.3 is 0 Å². The van der Waals surface area contributed by atoms with E-state index < -0.39 is 11.7 Å². The van der Waals surface area contributed by atoms with Crippen molar-refractivity contribution in [3.05, 3.63) is 71.2 Å². The van der Waals surface area contributed by atoms with Crippen molar-refractivity contribution >= 4 is 17.5 Å². The van der Waals surface area contributed by atoms with E-state index in [0.29, 0.717) is 40.7 Å². The lowest BCUT2D eigenvalue weighted by atomic mass is 9.85. The number of Topliss-reactive ketones (excluding diaryl/α,β-unsaturated/α-hetero) is 1. The Balaban J connectivity index is 1.82. The van der Waals surface area contributed by atoms with Crippen molar-refractivity contribution in [3.63, 3.8) is 0 Å². The van der Waals surface area contributed by atoms with Crippen molar-refractivity contribution in [2.75, 3.05) is 11.9 Å². The highest BCUT2D eigenvalue weighted by atomic mass is 19.1. The standard InChI is InChI=1S/C22H20FN3O3/c1-3-29-18-10-5-4-9-16(18)21(28)17-12-19(27)24-22-20(17)13(2)25-26(22)15-8-6-7-14(23)11-15/h4-11,17H,3,12H2,1-2H3,(H,24,27). The van der Waals surface area contributed by atoms with E-state index in [1.807, 2.05) is 6.92 Å². The van der Waals surface area contributed by atoms with E-state index in [1.54, 1.807) is 43.3 Å². The monoisotopic (exact) mass is 393 g/mol. The molecule has 1 amide bonds. The molecule has 0 bridgehead atoms. The molecule has 6 nitrogen and oxygen atoms in total. The second kappa shape index (κ2) is 7.50. The molecule has 1 unspecified atom stereocenters. The summed E-state index contributed by atoms with van der Waals surface area (Å²) in [6.45, 7) is 4.05. The molecule has 3 aromatic rings. The van der Waals surface area contributed by atoms with Crippen LogP contribution in [0.3, 0.4) is 0 Å². The number of carbonyl (C=O) groups is 2. The first-order valence-electron chi connectivity index (χ1n) is 9.41. The van der Waals surface area contributed by atoms with Gasteiger partial charge in [-0.15, -0.1) is 0 Å². The molecule has 1 aromatic heterocycles. The molecule has 0 spiro atoms. The van der Waals surface area contributed by atoms with E-state index in [-0.39, 0.29) is 18.1 Å². The van der Waals surface area contributed by atoms with E-state index >= 15 is 0 Å². The Kier molecular flexibility index (Phi) is 4.88. The molecule has 0 aliphatic carbocycles. The Labute approximate surface area is 167 Å². The fraction of sp³-hybridized carbons (Fsp3) is 0.227. The number of halogens is 1. The number of nitrogens with one attached hydrogen (secondary N) is 1. The van der Waals surface area contributed by atoms with Gasteiger partial charge in [0.05, 0.1) is 29.5 Å². The third kappa shape index (κ3) is 3.40. The van der Waals surface area contributed by atoms with Gasteiger partial charge in [0, 0.05) is 12.0 Å². The summed E-state index contributed by atoms with van der Waals surface area (Å²) < 4.78 is 20.8. The van der Waals surface area contributed by atoms with Crippen LogP contribution in [0.25, 0.3) is 5.69 Å². The average Bonchev–Trinajstić information content (AvgIpc) is 3.04. The fourth-order valence-corrected chi connectivity index (χ4v) is 3.71. The number of ether oxygens (including phenoxy) is 1. The molecule has 1 aliphatic rings. The van der Waals surface area contributed by atoms with Crippen LogP contribution in [0.5, 0.6) is 5.75 Å². The van der Waals surface area contributed by atoms with Gasteiger partial charge in [-0.25, -0.2) is 9.07 Å². The molecule has 0 fully saturated rings. The van der Waals surface area contributed by atoms with Crippen LogP contribution in [-0.2, 0) is 4.79 Å². The van der Waals surface area contributed by atoms with Crippen LogP contribution in [-0.4, -0.2) is 28.1 Å². The SMILES string of the molecule is CCOc1ccccc1C(=O)C1CC(=O)Nc2c1c(C)nn2-c1cccc(F)c1. The van der Waals surface area contributed by atoms with Crippen LogP contribution in [0.4, 0.5) is 10.2 Å². The maximum absolute atomic E-state index is 13.7. The van der Waals surface area contributed by atoms with Crippen LogP contribution in [0.2, 0.25) is 0 Å². The van der Waals surface area contributed by atoms with E-state index in [4.69, 9.17) is 4.74 Å². The Morgan fingerprint density at radius 3 is 2.83 bits per heavy atom. The lowest BCUT2D eigenvalue weighted by Gasteiger charge is -2.24. The van der Waals surface area contributed by atoms with Crippen molar-refractivity contribution in [1.82, 2.24) is 9.78 Å². The quantitative estimate of drug-likeness (QED) is 0.665. The number of benzene rings is 2. The molecule has 4 rings (SSSR count). The van der Waals surface area contributed by atoms with Gasteiger partial charge < -0.3 is 10.1 Å². The van der Waals surface area contributed by atoms with Gasteiger partial charge in [-0.3, -0.25) is 9.59 Å². The van der Waals surface area contributed by atoms with Crippen molar-refractivity contribution in [2.45, 2.75) is 26.2 Å². The Hall–Kier alpha value is -3.48. The summed E-state index contributed by atoms with van der Waals surface area (Å²) in [4.78, 5) is 25.8. The van der Waals surface area contributed by atoms with E-state index in [2.05, 4.69) is 10.4 Å². The molecule has 0 saturated carbocycles. The first-order chi connectivity index (χ1) is 14.0. The molecular weight excluding hydrogens is 373 g/mol. The lowest BCUT2D eigenvalue weighted by molar-refractivity contribution is -0.116. The third-order valence-corrected chi connectivity index (χ3v) is 4.92. The topological polar surface area (TPSA) is 73.2 Å². The lowest BCUT2D eigenvalue weighted by Crippen LogP contribution is -2.28. The summed E-state index contributed by atoms with van der Waals surface area (Å²) in [6, 6.07) is 12.9. The molecule has 0 saturated heterocycles. The summed E-state index contributed by atoms with van der Waals surface area (Å²) in [6.07, 6.45) is 0.0158. The number of fused-ring (bicyclic) bond motifs is 1. The van der Waals surface area contributed by atoms with Gasteiger partial charge in [-0.2, -0.15) is 5.10 Å². The average molecular weight is 393 g/mol. The van der Waals surface area contributed by atoms with E-state index in [9.17, 15) is 14.0 Å². The molecular formula is C22H20FN3O3. The normalized spacial score (nSPS) is 15.6. The summed E-state index contributed by atoms with van der Waals surface area (Å²) in [5.74, 6) is -0.707. The number of carbonyl (C=O) groups excluding carboxylic acids is 2. The predicted molar refractivity (Wildman–Crippen MR) is 106 cm³/mol. The maximum atomic E-state index is 13.7. The first kappa shape index (κ1) is 18.9. The summed E-state index contributed by atoms with van der Waals surface area (Å²) in [5.41, 5.74) is 2.15. The Morgan fingerprint density at radius 2 is 2.07 bits per heavy atom. The van der Waals surface area contributed by atoms with Gasteiger partial charge in [0.1, 0.15) is 17.4 Å². The second-order valence-corrected chi connectivity index (χ2v) is 6.84. The highest BCUT2D eigenvalue weighted by Crippen LogP contribution is 2.39. The van der Waals surface area contributed by atoms with E-state index in [0.717, 1.165) is 0 Å². The number of para-hydroxylation sites is 1. The summed E-state index contributed by atoms with van der Waals surface area (Å²) >= 11 is 0. The van der Waals surface area contributed by atoms with Crippen LogP contribution < -0.4 is 10.1 Å². The molecule has 29 heavy (non-hydrogen) atoms. The van der Waals surface area contributed by atoms with Gasteiger partial charge in [0.25, 0.3) is 0 Å². The summed E-state index contributed by atoms with van der Waals surface area (Å²) in [5, 5.41) is 7.27. The van der Waals surface area contributed by atoms with Crippen LogP contribution >= 0.6 is 0 Å². The van der Waals surface area contributed by atoms with Gasteiger partial charge in [0.2, 0.25) is 5.91 Å². The summed E-state index contributed by atoms with van der Waals surface area (Å²) in [7, 11) is 0. The number of anilines is 1. The number of aromatic nitrogens is 2. The smallest absolute Gasteiger partial charge is 0.226 e. The van der Waals surface area contributed by atoms with Crippen LogP contribution in [0.1, 0.15) is 40.9 Å². The van der Waals surface area contributed by atoms with Crippen LogP contribution in [0, 0.1) is 12.7 Å². The minimum Gasteiger partial charge on any atom is -0.493 e. The molecule has 2 aromatic carbocycles. The Bertz CT molecular complexity index is 1110. The highest BCUT2D eigenvalue weighted by molar-refractivity contribution is 6.09. The minimum atomic E-state index is -0.692. The van der Waals surface area contributed by atoms with Crippen molar-refractivity contribution in [2.24, 2.45) is 0 Å². The first-order valence-corrected chi connectivity index (χ1v) is 9.41. The predicted octanol–water partition coefficient (Wildman–Crippen LogP) is 4.03. The van der Waals surface area contributed by atoms with Crippen LogP contribution in [0.15, 0.2) is 48.5 Å². The highest BCUT2D eigenvalue weighted by Gasteiger charge is 2.37. The van der Waals surface area contributed by atoms with E-state index in [1.165, 1.54) is 16.8 Å². The zero-order valence-corrected chi connectivity index (χ0v) is 16.1. The minimum absolute atomic E-state index is 0.0158. The number of rotatable bonds is 5.